The van der Waals surface area contributed by atoms with E-state index in [1.807, 2.05) is 18.2 Å². The second-order valence-electron chi connectivity index (χ2n) is 6.55. The van der Waals surface area contributed by atoms with E-state index in [4.69, 9.17) is 9.26 Å². The number of hydrogen-bond acceptors (Lipinski definition) is 5. The average molecular weight is 367 g/mol. The van der Waals surface area contributed by atoms with Crippen LogP contribution in [0.4, 0.5) is 10.1 Å². The molecule has 2 aromatic carbocycles. The first kappa shape index (κ1) is 17.2. The maximum absolute atomic E-state index is 14.2. The molecule has 1 fully saturated rings. The second kappa shape index (κ2) is 6.83. The number of hydrogen-bond donors (Lipinski definition) is 0. The summed E-state index contributed by atoms with van der Waals surface area (Å²) < 4.78 is 24.8. The van der Waals surface area contributed by atoms with Crippen molar-refractivity contribution in [1.29, 1.82) is 0 Å². The zero-order valence-corrected chi connectivity index (χ0v) is 15.0. The van der Waals surface area contributed by atoms with Crippen molar-refractivity contribution in [3.63, 3.8) is 0 Å². The van der Waals surface area contributed by atoms with E-state index in [0.717, 1.165) is 11.1 Å². The largest absolute Gasteiger partial charge is 0.497 e. The maximum Gasteiger partial charge on any atom is 0.258 e. The summed E-state index contributed by atoms with van der Waals surface area (Å²) in [6.45, 7) is 2.12. The number of nitrogens with zero attached hydrogens (tertiary/aromatic N) is 3. The molecular formula is C20H18FN3O3. The Kier molecular flexibility index (Phi) is 4.35. The van der Waals surface area contributed by atoms with Gasteiger partial charge in [-0.3, -0.25) is 4.79 Å². The number of carbonyl (C=O) groups excluding carboxylic acids is 1. The number of amides is 1. The quantitative estimate of drug-likeness (QED) is 0.703. The Labute approximate surface area is 155 Å². The molecule has 6 nitrogen and oxygen atoms in total. The van der Waals surface area contributed by atoms with Gasteiger partial charge in [-0.25, -0.2) is 4.39 Å². The molecule has 4 rings (SSSR count). The highest BCUT2D eigenvalue weighted by Crippen LogP contribution is 2.33. The fraction of sp³-hybridized carbons (Fsp3) is 0.250. The van der Waals surface area contributed by atoms with Gasteiger partial charge >= 0.3 is 0 Å². The topological polar surface area (TPSA) is 68.5 Å². The van der Waals surface area contributed by atoms with Crippen molar-refractivity contribution >= 4 is 11.6 Å². The molecule has 7 heteroatoms. The lowest BCUT2D eigenvalue weighted by atomic mass is 10.1. The summed E-state index contributed by atoms with van der Waals surface area (Å²) in [5.41, 5.74) is 1.82. The summed E-state index contributed by atoms with van der Waals surface area (Å²) >= 11 is 0. The number of aryl methyl sites for hydroxylation is 1. The van der Waals surface area contributed by atoms with Crippen LogP contribution in [-0.2, 0) is 4.79 Å². The number of anilines is 1. The van der Waals surface area contributed by atoms with Crippen LogP contribution in [0.3, 0.4) is 0 Å². The first-order valence-electron chi connectivity index (χ1n) is 8.59. The highest BCUT2D eigenvalue weighted by Gasteiger charge is 2.35. The van der Waals surface area contributed by atoms with Gasteiger partial charge in [-0.1, -0.05) is 17.3 Å². The Morgan fingerprint density at radius 2 is 2.11 bits per heavy atom. The summed E-state index contributed by atoms with van der Waals surface area (Å²) in [5.74, 6) is 0.669. The molecule has 0 spiro atoms. The summed E-state index contributed by atoms with van der Waals surface area (Å²) in [6.07, 6.45) is 0.213. The molecule has 138 valence electrons. The molecular weight excluding hydrogens is 349 g/mol. The average Bonchev–Trinajstić information content (AvgIpc) is 3.29. The lowest BCUT2D eigenvalue weighted by Gasteiger charge is -2.17. The van der Waals surface area contributed by atoms with Gasteiger partial charge in [-0.2, -0.15) is 4.98 Å². The van der Waals surface area contributed by atoms with Crippen molar-refractivity contribution in [3.8, 4) is 17.2 Å². The first-order valence-corrected chi connectivity index (χ1v) is 8.59. The molecule has 0 aliphatic carbocycles. The number of carbonyl (C=O) groups is 1. The SMILES string of the molecule is COc1cccc(-c2nc(C3CC(=O)N(c4ccc(C)cc4F)C3)no2)c1. The van der Waals surface area contributed by atoms with E-state index in [-0.39, 0.29) is 23.9 Å². The zero-order chi connectivity index (χ0) is 19.0. The Balaban J connectivity index is 1.57. The lowest BCUT2D eigenvalue weighted by Crippen LogP contribution is -2.25. The molecule has 3 aromatic rings. The van der Waals surface area contributed by atoms with E-state index in [9.17, 15) is 9.18 Å². The molecule has 1 atom stereocenters. The van der Waals surface area contributed by atoms with Gasteiger partial charge in [0.15, 0.2) is 5.82 Å². The molecule has 0 radical (unpaired) electrons. The van der Waals surface area contributed by atoms with E-state index in [2.05, 4.69) is 10.1 Å². The van der Waals surface area contributed by atoms with Crippen LogP contribution < -0.4 is 9.64 Å². The summed E-state index contributed by atoms with van der Waals surface area (Å²) in [4.78, 5) is 18.3. The van der Waals surface area contributed by atoms with Crippen LogP contribution in [0.5, 0.6) is 5.75 Å². The van der Waals surface area contributed by atoms with Crippen molar-refractivity contribution < 1.29 is 18.4 Å². The standard InChI is InChI=1S/C20H18FN3O3/c1-12-6-7-17(16(21)8-12)24-11-14(10-18(24)25)19-22-20(27-23-19)13-4-3-5-15(9-13)26-2/h3-9,14H,10-11H2,1-2H3. The van der Waals surface area contributed by atoms with Crippen molar-refractivity contribution in [2.45, 2.75) is 19.3 Å². The highest BCUT2D eigenvalue weighted by molar-refractivity contribution is 5.96. The zero-order valence-electron chi connectivity index (χ0n) is 15.0. The summed E-state index contributed by atoms with van der Waals surface area (Å²) in [7, 11) is 1.58. The van der Waals surface area contributed by atoms with E-state index >= 15 is 0 Å². The Bertz CT molecular complexity index is 1000. The molecule has 1 aliphatic rings. The van der Waals surface area contributed by atoms with E-state index in [1.54, 1.807) is 32.2 Å². The van der Waals surface area contributed by atoms with Gasteiger partial charge in [0, 0.05) is 24.4 Å². The number of aromatic nitrogens is 2. The van der Waals surface area contributed by atoms with Gasteiger partial charge in [-0.05, 0) is 42.8 Å². The number of rotatable bonds is 4. The molecule has 1 aliphatic heterocycles. The van der Waals surface area contributed by atoms with E-state index in [0.29, 0.717) is 24.0 Å². The molecule has 1 saturated heterocycles. The van der Waals surface area contributed by atoms with Crippen LogP contribution in [0.25, 0.3) is 11.5 Å². The molecule has 0 bridgehead atoms. The van der Waals surface area contributed by atoms with Crippen LogP contribution in [0.2, 0.25) is 0 Å². The van der Waals surface area contributed by atoms with E-state index < -0.39 is 5.82 Å². The smallest absolute Gasteiger partial charge is 0.258 e. The normalized spacial score (nSPS) is 16.8. The van der Waals surface area contributed by atoms with Gasteiger partial charge in [-0.15, -0.1) is 0 Å². The van der Waals surface area contributed by atoms with Gasteiger partial charge in [0.25, 0.3) is 5.89 Å². The molecule has 1 aromatic heterocycles. The minimum absolute atomic E-state index is 0.157. The number of ether oxygens (including phenoxy) is 1. The third-order valence-corrected chi connectivity index (χ3v) is 4.64. The molecule has 0 saturated carbocycles. The fourth-order valence-electron chi connectivity index (χ4n) is 3.22. The molecule has 2 heterocycles. The van der Waals surface area contributed by atoms with Crippen LogP contribution in [-0.4, -0.2) is 29.7 Å². The third-order valence-electron chi connectivity index (χ3n) is 4.64. The summed E-state index contributed by atoms with van der Waals surface area (Å²) in [6, 6.07) is 12.1. The minimum Gasteiger partial charge on any atom is -0.497 e. The van der Waals surface area contributed by atoms with Gasteiger partial charge in [0.05, 0.1) is 12.8 Å². The maximum atomic E-state index is 14.2. The van der Waals surface area contributed by atoms with Gasteiger partial charge < -0.3 is 14.2 Å². The monoisotopic (exact) mass is 367 g/mol. The van der Waals surface area contributed by atoms with Crippen molar-refractivity contribution in [3.05, 3.63) is 59.7 Å². The number of halogens is 1. The summed E-state index contributed by atoms with van der Waals surface area (Å²) in [5, 5.41) is 4.03. The Morgan fingerprint density at radius 1 is 1.26 bits per heavy atom. The van der Waals surface area contributed by atoms with E-state index in [1.165, 1.54) is 11.0 Å². The highest BCUT2D eigenvalue weighted by atomic mass is 19.1. The first-order chi connectivity index (χ1) is 13.0. The second-order valence-corrected chi connectivity index (χ2v) is 6.55. The van der Waals surface area contributed by atoms with Gasteiger partial charge in [0.2, 0.25) is 5.91 Å². The third kappa shape index (κ3) is 3.28. The minimum atomic E-state index is -0.408. The van der Waals surface area contributed by atoms with Crippen molar-refractivity contribution in [2.75, 3.05) is 18.6 Å². The van der Waals surface area contributed by atoms with Crippen LogP contribution in [0.15, 0.2) is 47.0 Å². The Hall–Kier alpha value is -3.22. The van der Waals surface area contributed by atoms with Crippen LogP contribution in [0.1, 0.15) is 23.7 Å². The lowest BCUT2D eigenvalue weighted by molar-refractivity contribution is -0.117. The number of methoxy groups -OCH3 is 1. The predicted octanol–water partition coefficient (Wildman–Crippen LogP) is 3.71. The predicted molar refractivity (Wildman–Crippen MR) is 97.1 cm³/mol. The number of benzene rings is 2. The molecule has 27 heavy (non-hydrogen) atoms. The fourth-order valence-corrected chi connectivity index (χ4v) is 3.22. The molecule has 1 unspecified atom stereocenters. The van der Waals surface area contributed by atoms with Crippen molar-refractivity contribution in [1.82, 2.24) is 10.1 Å². The van der Waals surface area contributed by atoms with Gasteiger partial charge in [0.1, 0.15) is 11.6 Å². The Morgan fingerprint density at radius 3 is 2.89 bits per heavy atom. The van der Waals surface area contributed by atoms with Crippen molar-refractivity contribution in [2.24, 2.45) is 0 Å². The van der Waals surface area contributed by atoms with Crippen LogP contribution >= 0.6 is 0 Å². The molecule has 1 amide bonds. The molecule has 0 N–H and O–H groups in total. The van der Waals surface area contributed by atoms with Crippen LogP contribution in [0, 0.1) is 12.7 Å².